The third kappa shape index (κ3) is 2.83. The fourth-order valence-corrected chi connectivity index (χ4v) is 1.63. The summed E-state index contributed by atoms with van der Waals surface area (Å²) in [6, 6.07) is 2.32. The molecule has 0 aliphatic heterocycles. The molecule has 0 spiro atoms. The molecule has 0 aromatic carbocycles. The minimum atomic E-state index is -3.29. The SMILES string of the molecule is O=C(O)CC(O)(C(=O)O)C(C(=O)O)C(=O)c1ccco1. The van der Waals surface area contributed by atoms with Gasteiger partial charge in [-0.1, -0.05) is 0 Å². The predicted molar refractivity (Wildman–Crippen MR) is 59.0 cm³/mol. The van der Waals surface area contributed by atoms with Crippen LogP contribution in [0.4, 0.5) is 0 Å². The number of furan rings is 1. The van der Waals surface area contributed by atoms with Crippen molar-refractivity contribution in [3.63, 3.8) is 0 Å². The Balaban J connectivity index is 3.29. The van der Waals surface area contributed by atoms with Crippen molar-refractivity contribution in [1.82, 2.24) is 0 Å². The maximum Gasteiger partial charge on any atom is 0.337 e. The summed E-state index contributed by atoms with van der Waals surface area (Å²) in [5.41, 5.74) is -3.29. The van der Waals surface area contributed by atoms with Gasteiger partial charge in [0.1, 0.15) is 0 Å². The number of aliphatic carboxylic acids is 3. The monoisotopic (exact) mass is 286 g/mol. The van der Waals surface area contributed by atoms with Gasteiger partial charge in [0.15, 0.2) is 17.3 Å². The van der Waals surface area contributed by atoms with Crippen molar-refractivity contribution in [2.24, 2.45) is 5.92 Å². The van der Waals surface area contributed by atoms with E-state index in [1.54, 1.807) is 0 Å². The van der Waals surface area contributed by atoms with Crippen LogP contribution in [0, 0.1) is 5.92 Å². The maximum atomic E-state index is 11.9. The number of carboxylic acids is 3. The standard InChI is InChI=1S/C11H10O9/c12-6(13)4-11(19,10(17)18)7(9(15)16)8(14)5-2-1-3-20-5/h1-3,7,19H,4H2,(H,12,13)(H,15,16)(H,17,18). The molecular weight excluding hydrogens is 276 g/mol. The third-order valence-corrected chi connectivity index (χ3v) is 2.54. The van der Waals surface area contributed by atoms with E-state index in [-0.39, 0.29) is 0 Å². The summed E-state index contributed by atoms with van der Waals surface area (Å²) in [6.07, 6.45) is -0.408. The summed E-state index contributed by atoms with van der Waals surface area (Å²) in [6.45, 7) is 0. The summed E-state index contributed by atoms with van der Waals surface area (Å²) in [4.78, 5) is 44.6. The van der Waals surface area contributed by atoms with Crippen molar-refractivity contribution >= 4 is 23.7 Å². The van der Waals surface area contributed by atoms with Crippen LogP contribution >= 0.6 is 0 Å². The van der Waals surface area contributed by atoms with E-state index in [4.69, 9.17) is 15.3 Å². The number of rotatable bonds is 7. The minimum Gasteiger partial charge on any atom is -0.481 e. The number of ketones is 1. The Labute approximate surface area is 111 Å². The molecule has 0 saturated heterocycles. The van der Waals surface area contributed by atoms with Crippen LogP contribution in [0.2, 0.25) is 0 Å². The molecule has 2 atom stereocenters. The number of carbonyl (C=O) groups excluding carboxylic acids is 1. The molecule has 0 saturated carbocycles. The Bertz CT molecular complexity index is 544. The van der Waals surface area contributed by atoms with Gasteiger partial charge >= 0.3 is 17.9 Å². The zero-order valence-electron chi connectivity index (χ0n) is 9.85. The first-order chi connectivity index (χ1) is 9.20. The summed E-state index contributed by atoms with van der Waals surface area (Å²) in [7, 11) is 0. The average Bonchev–Trinajstić information content (AvgIpc) is 2.80. The molecule has 4 N–H and O–H groups in total. The lowest BCUT2D eigenvalue weighted by Crippen LogP contribution is -2.53. The first kappa shape index (κ1) is 15.4. The van der Waals surface area contributed by atoms with E-state index in [0.29, 0.717) is 0 Å². The topological polar surface area (TPSA) is 162 Å². The lowest BCUT2D eigenvalue weighted by molar-refractivity contribution is -0.175. The Morgan fingerprint density at radius 3 is 2.15 bits per heavy atom. The highest BCUT2D eigenvalue weighted by atomic mass is 16.4. The van der Waals surface area contributed by atoms with Crippen molar-refractivity contribution in [1.29, 1.82) is 0 Å². The zero-order valence-corrected chi connectivity index (χ0v) is 9.85. The minimum absolute atomic E-state index is 0.498. The number of aliphatic hydroxyl groups is 1. The molecule has 1 rings (SSSR count). The third-order valence-electron chi connectivity index (χ3n) is 2.54. The molecule has 1 aromatic rings. The van der Waals surface area contributed by atoms with E-state index in [1.807, 2.05) is 0 Å². The Morgan fingerprint density at radius 1 is 1.20 bits per heavy atom. The quantitative estimate of drug-likeness (QED) is 0.380. The molecule has 1 aromatic heterocycles. The van der Waals surface area contributed by atoms with Crippen molar-refractivity contribution in [2.75, 3.05) is 0 Å². The van der Waals surface area contributed by atoms with Gasteiger partial charge in [0.25, 0.3) is 0 Å². The van der Waals surface area contributed by atoms with Crippen molar-refractivity contribution in [3.05, 3.63) is 24.2 Å². The molecule has 1 heterocycles. The molecular formula is C11H10O9. The molecule has 0 aliphatic carbocycles. The van der Waals surface area contributed by atoms with Gasteiger partial charge in [-0.25, -0.2) is 4.79 Å². The highest BCUT2D eigenvalue weighted by molar-refractivity contribution is 6.11. The van der Waals surface area contributed by atoms with Gasteiger partial charge in [0.2, 0.25) is 5.78 Å². The van der Waals surface area contributed by atoms with E-state index in [2.05, 4.69) is 4.42 Å². The van der Waals surface area contributed by atoms with E-state index in [1.165, 1.54) is 6.07 Å². The lowest BCUT2D eigenvalue weighted by Gasteiger charge is -2.26. The second-order valence-electron chi connectivity index (χ2n) is 3.91. The van der Waals surface area contributed by atoms with Crippen LogP contribution in [0.25, 0.3) is 0 Å². The van der Waals surface area contributed by atoms with Crippen LogP contribution in [0.1, 0.15) is 17.0 Å². The van der Waals surface area contributed by atoms with Gasteiger partial charge in [0.05, 0.1) is 12.7 Å². The van der Waals surface area contributed by atoms with Gasteiger partial charge < -0.3 is 24.8 Å². The van der Waals surface area contributed by atoms with Gasteiger partial charge in [-0.05, 0) is 12.1 Å². The van der Waals surface area contributed by atoms with E-state index < -0.39 is 47.4 Å². The Hall–Kier alpha value is -2.68. The van der Waals surface area contributed by atoms with Crippen LogP contribution in [0.15, 0.2) is 22.8 Å². The van der Waals surface area contributed by atoms with Crippen molar-refractivity contribution in [2.45, 2.75) is 12.0 Å². The summed E-state index contributed by atoms with van der Waals surface area (Å²) >= 11 is 0. The molecule has 0 fully saturated rings. The van der Waals surface area contributed by atoms with Crippen LogP contribution in [-0.4, -0.2) is 49.7 Å². The van der Waals surface area contributed by atoms with E-state index >= 15 is 0 Å². The fraction of sp³-hybridized carbons (Fsp3) is 0.273. The van der Waals surface area contributed by atoms with Crippen molar-refractivity contribution < 1.29 is 44.0 Å². The smallest absolute Gasteiger partial charge is 0.337 e. The summed E-state index contributed by atoms with van der Waals surface area (Å²) < 4.78 is 4.64. The molecule has 9 nitrogen and oxygen atoms in total. The number of hydrogen-bond donors (Lipinski definition) is 4. The number of hydrogen-bond acceptors (Lipinski definition) is 6. The van der Waals surface area contributed by atoms with Gasteiger partial charge in [-0.15, -0.1) is 0 Å². The van der Waals surface area contributed by atoms with E-state index in [0.717, 1.165) is 12.3 Å². The average molecular weight is 286 g/mol. The zero-order chi connectivity index (χ0) is 15.5. The molecule has 9 heteroatoms. The number of carbonyl (C=O) groups is 4. The molecule has 0 radical (unpaired) electrons. The number of carboxylic acid groups (broad SMARTS) is 3. The molecule has 108 valence electrons. The van der Waals surface area contributed by atoms with Gasteiger partial charge in [-0.2, -0.15) is 0 Å². The van der Waals surface area contributed by atoms with Crippen molar-refractivity contribution in [3.8, 4) is 0 Å². The largest absolute Gasteiger partial charge is 0.481 e. The number of Topliss-reactive ketones (excluding diaryl/α,β-unsaturated/α-hetero) is 1. The first-order valence-corrected chi connectivity index (χ1v) is 5.18. The van der Waals surface area contributed by atoms with Crippen LogP contribution in [0.5, 0.6) is 0 Å². The van der Waals surface area contributed by atoms with Gasteiger partial charge in [-0.3, -0.25) is 14.4 Å². The predicted octanol–water partition coefficient (Wildman–Crippen LogP) is -0.546. The normalized spacial score (nSPS) is 15.1. The van der Waals surface area contributed by atoms with Crippen LogP contribution < -0.4 is 0 Å². The summed E-state index contributed by atoms with van der Waals surface area (Å²) in [5, 5.41) is 36.3. The van der Waals surface area contributed by atoms with Gasteiger partial charge in [0, 0.05) is 0 Å². The molecule has 2 unspecified atom stereocenters. The first-order valence-electron chi connectivity index (χ1n) is 5.18. The van der Waals surface area contributed by atoms with Crippen LogP contribution in [0.3, 0.4) is 0 Å². The highest BCUT2D eigenvalue weighted by Crippen LogP contribution is 2.27. The molecule has 0 aliphatic rings. The second kappa shape index (κ2) is 5.53. The molecule has 0 bridgehead atoms. The van der Waals surface area contributed by atoms with Crippen LogP contribution in [-0.2, 0) is 14.4 Å². The van der Waals surface area contributed by atoms with E-state index in [9.17, 15) is 24.3 Å². The maximum absolute atomic E-state index is 11.9. The Kier molecular flexibility index (Phi) is 4.25. The second-order valence-corrected chi connectivity index (χ2v) is 3.91. The Morgan fingerprint density at radius 2 is 1.80 bits per heavy atom. The highest BCUT2D eigenvalue weighted by Gasteiger charge is 2.54. The molecule has 20 heavy (non-hydrogen) atoms. The summed E-state index contributed by atoms with van der Waals surface area (Å²) in [5.74, 6) is -10.2. The fourth-order valence-electron chi connectivity index (χ4n) is 1.63. The molecule has 0 amide bonds. The lowest BCUT2D eigenvalue weighted by atomic mass is 9.81.